The van der Waals surface area contributed by atoms with Crippen molar-refractivity contribution in [1.29, 1.82) is 0 Å². The molecule has 2 aromatic rings. The van der Waals surface area contributed by atoms with Gasteiger partial charge in [-0.2, -0.15) is 13.2 Å². The number of anilines is 1. The average Bonchev–Trinajstić information content (AvgIpc) is 2.55. The summed E-state index contributed by atoms with van der Waals surface area (Å²) in [6, 6.07) is 7.22. The van der Waals surface area contributed by atoms with Crippen LogP contribution in [0.2, 0.25) is 5.02 Å². The molecule has 3 nitrogen and oxygen atoms in total. The third kappa shape index (κ3) is 4.02. The molecule has 128 valence electrons. The Bertz CT molecular complexity index is 735. The predicted molar refractivity (Wildman–Crippen MR) is 89.8 cm³/mol. The first-order valence-electron chi connectivity index (χ1n) is 6.96. The van der Waals surface area contributed by atoms with Crippen LogP contribution in [0.5, 0.6) is 0 Å². The molecule has 1 aromatic carbocycles. The lowest BCUT2D eigenvalue weighted by Crippen LogP contribution is -2.32. The first-order chi connectivity index (χ1) is 11.3. The van der Waals surface area contributed by atoms with E-state index in [2.05, 4.69) is 4.98 Å². The highest BCUT2D eigenvalue weighted by Gasteiger charge is 2.37. The van der Waals surface area contributed by atoms with Gasteiger partial charge in [0.05, 0.1) is 16.2 Å². The number of hydrogen-bond donors (Lipinski definition) is 0. The third-order valence-corrected chi connectivity index (χ3v) is 4.22. The molecular weight excluding hydrogens is 361 g/mol. The molecule has 0 aliphatic heterocycles. The summed E-state index contributed by atoms with van der Waals surface area (Å²) in [7, 11) is 0. The van der Waals surface area contributed by atoms with Crippen molar-refractivity contribution in [2.75, 3.05) is 17.7 Å². The van der Waals surface area contributed by atoms with Crippen LogP contribution >= 0.6 is 23.4 Å². The lowest BCUT2D eigenvalue weighted by atomic mass is 10.1. The summed E-state index contributed by atoms with van der Waals surface area (Å²) in [6.07, 6.45) is -2.04. The second kappa shape index (κ2) is 7.44. The SMILES string of the molecule is CCN(C(=O)c1cnc(SC)cc1C(F)(F)F)c1ccc(Cl)cc1. The van der Waals surface area contributed by atoms with Gasteiger partial charge in [0.2, 0.25) is 0 Å². The van der Waals surface area contributed by atoms with Crippen LogP contribution in [0.4, 0.5) is 18.9 Å². The number of carbonyl (C=O) groups is 1. The van der Waals surface area contributed by atoms with Crippen molar-refractivity contribution in [3.05, 3.63) is 52.7 Å². The fraction of sp³-hybridized carbons (Fsp3) is 0.250. The average molecular weight is 375 g/mol. The van der Waals surface area contributed by atoms with Crippen molar-refractivity contribution in [2.24, 2.45) is 0 Å². The van der Waals surface area contributed by atoms with Crippen LogP contribution in [-0.2, 0) is 6.18 Å². The summed E-state index contributed by atoms with van der Waals surface area (Å²) in [6.45, 7) is 1.89. The van der Waals surface area contributed by atoms with Crippen LogP contribution in [-0.4, -0.2) is 23.7 Å². The molecule has 1 heterocycles. The minimum atomic E-state index is -4.64. The molecule has 2 rings (SSSR count). The van der Waals surface area contributed by atoms with E-state index in [9.17, 15) is 18.0 Å². The Kier molecular flexibility index (Phi) is 5.77. The van der Waals surface area contributed by atoms with Gasteiger partial charge in [-0.25, -0.2) is 4.98 Å². The Morgan fingerprint density at radius 1 is 1.29 bits per heavy atom. The van der Waals surface area contributed by atoms with Gasteiger partial charge in [0.15, 0.2) is 0 Å². The topological polar surface area (TPSA) is 33.2 Å². The van der Waals surface area contributed by atoms with Gasteiger partial charge in [-0.05, 0) is 43.5 Å². The molecule has 0 unspecified atom stereocenters. The third-order valence-electron chi connectivity index (χ3n) is 3.32. The first-order valence-corrected chi connectivity index (χ1v) is 8.56. The number of hydrogen-bond acceptors (Lipinski definition) is 3. The number of halogens is 4. The van der Waals surface area contributed by atoms with E-state index in [0.29, 0.717) is 10.7 Å². The molecule has 0 fully saturated rings. The van der Waals surface area contributed by atoms with E-state index in [1.165, 1.54) is 4.90 Å². The van der Waals surface area contributed by atoms with Gasteiger partial charge in [-0.3, -0.25) is 4.79 Å². The molecule has 0 saturated heterocycles. The zero-order valence-electron chi connectivity index (χ0n) is 12.9. The standard InChI is InChI=1S/C16H14ClF3N2OS/c1-3-22(11-6-4-10(17)5-7-11)15(23)12-9-21-14(24-2)8-13(12)16(18,19)20/h4-9H,3H2,1-2H3. The van der Waals surface area contributed by atoms with Crippen molar-refractivity contribution >= 4 is 35.0 Å². The number of alkyl halides is 3. The summed E-state index contributed by atoms with van der Waals surface area (Å²) in [5.41, 5.74) is -0.995. The molecule has 1 amide bonds. The fourth-order valence-corrected chi connectivity index (χ4v) is 2.68. The largest absolute Gasteiger partial charge is 0.417 e. The molecule has 0 aliphatic rings. The highest BCUT2D eigenvalue weighted by molar-refractivity contribution is 7.98. The Morgan fingerprint density at radius 3 is 2.42 bits per heavy atom. The number of carbonyl (C=O) groups excluding carboxylic acids is 1. The lowest BCUT2D eigenvalue weighted by molar-refractivity contribution is -0.138. The van der Waals surface area contributed by atoms with Crippen LogP contribution in [0.3, 0.4) is 0 Å². The highest BCUT2D eigenvalue weighted by atomic mass is 35.5. The summed E-state index contributed by atoms with van der Waals surface area (Å²) in [5, 5.41) is 0.678. The zero-order chi connectivity index (χ0) is 17.9. The molecule has 8 heteroatoms. The normalized spacial score (nSPS) is 11.4. The minimum absolute atomic E-state index is 0.202. The van der Waals surface area contributed by atoms with E-state index in [1.807, 2.05) is 0 Å². The van der Waals surface area contributed by atoms with Crippen LogP contribution in [0.15, 0.2) is 41.6 Å². The monoisotopic (exact) mass is 374 g/mol. The van der Waals surface area contributed by atoms with Crippen LogP contribution in [0, 0.1) is 0 Å². The second-order valence-corrected chi connectivity index (χ2v) is 6.06. The molecule has 0 N–H and O–H groups in total. The number of rotatable bonds is 4. The number of amides is 1. The number of thioether (sulfide) groups is 1. The maximum absolute atomic E-state index is 13.3. The Labute approximate surface area is 146 Å². The Morgan fingerprint density at radius 2 is 1.92 bits per heavy atom. The van der Waals surface area contributed by atoms with Crippen molar-refractivity contribution in [3.8, 4) is 0 Å². The van der Waals surface area contributed by atoms with Crippen molar-refractivity contribution < 1.29 is 18.0 Å². The maximum Gasteiger partial charge on any atom is 0.417 e. The molecule has 0 atom stereocenters. The number of nitrogens with zero attached hydrogens (tertiary/aromatic N) is 2. The van der Waals surface area contributed by atoms with Crippen molar-refractivity contribution in [1.82, 2.24) is 4.98 Å². The molecule has 0 spiro atoms. The highest BCUT2D eigenvalue weighted by Crippen LogP contribution is 2.34. The van der Waals surface area contributed by atoms with E-state index in [0.717, 1.165) is 24.0 Å². The molecule has 0 saturated carbocycles. The van der Waals surface area contributed by atoms with Gasteiger partial charge in [0, 0.05) is 23.5 Å². The van der Waals surface area contributed by atoms with Gasteiger partial charge in [0.25, 0.3) is 5.91 Å². The van der Waals surface area contributed by atoms with E-state index in [4.69, 9.17) is 11.6 Å². The summed E-state index contributed by atoms with van der Waals surface area (Å²) < 4.78 is 40.0. The van der Waals surface area contributed by atoms with E-state index < -0.39 is 23.2 Å². The first kappa shape index (κ1) is 18.6. The minimum Gasteiger partial charge on any atom is -0.309 e. The molecule has 0 bridgehead atoms. The van der Waals surface area contributed by atoms with E-state index in [1.54, 1.807) is 37.4 Å². The Hall–Kier alpha value is -1.73. The second-order valence-electron chi connectivity index (χ2n) is 4.80. The van der Waals surface area contributed by atoms with Crippen LogP contribution in [0.1, 0.15) is 22.8 Å². The molecule has 0 radical (unpaired) electrons. The maximum atomic E-state index is 13.3. The van der Waals surface area contributed by atoms with Crippen LogP contribution in [0.25, 0.3) is 0 Å². The quantitative estimate of drug-likeness (QED) is 0.694. The molecular formula is C16H14ClF3N2OS. The van der Waals surface area contributed by atoms with Gasteiger partial charge >= 0.3 is 6.18 Å². The van der Waals surface area contributed by atoms with E-state index >= 15 is 0 Å². The summed E-state index contributed by atoms with van der Waals surface area (Å²) in [4.78, 5) is 17.8. The van der Waals surface area contributed by atoms with Crippen molar-refractivity contribution in [2.45, 2.75) is 18.1 Å². The summed E-state index contributed by atoms with van der Waals surface area (Å²) >= 11 is 6.89. The Balaban J connectivity index is 2.49. The molecule has 1 aromatic heterocycles. The fourth-order valence-electron chi connectivity index (χ4n) is 2.16. The zero-order valence-corrected chi connectivity index (χ0v) is 14.5. The van der Waals surface area contributed by atoms with Gasteiger partial charge < -0.3 is 4.90 Å². The van der Waals surface area contributed by atoms with Gasteiger partial charge in [-0.15, -0.1) is 11.8 Å². The number of benzene rings is 1. The predicted octanol–water partition coefficient (Wildman–Crippen LogP) is 5.14. The van der Waals surface area contributed by atoms with Crippen molar-refractivity contribution in [3.63, 3.8) is 0 Å². The van der Waals surface area contributed by atoms with Gasteiger partial charge in [-0.1, -0.05) is 11.6 Å². The van der Waals surface area contributed by atoms with Gasteiger partial charge in [0.1, 0.15) is 0 Å². The number of aromatic nitrogens is 1. The number of pyridine rings is 1. The smallest absolute Gasteiger partial charge is 0.309 e. The van der Waals surface area contributed by atoms with E-state index in [-0.39, 0.29) is 11.6 Å². The lowest BCUT2D eigenvalue weighted by Gasteiger charge is -2.23. The molecule has 0 aliphatic carbocycles. The molecule has 24 heavy (non-hydrogen) atoms. The van der Waals surface area contributed by atoms with Crippen LogP contribution < -0.4 is 4.90 Å². The summed E-state index contributed by atoms with van der Waals surface area (Å²) in [5.74, 6) is -0.757.